The molecule has 3 atom stereocenters. The summed E-state index contributed by atoms with van der Waals surface area (Å²) in [5.41, 5.74) is 0.233. The highest BCUT2D eigenvalue weighted by atomic mass is 16.6. The van der Waals surface area contributed by atoms with Crippen molar-refractivity contribution in [3.05, 3.63) is 23.8 Å². The Kier molecular flexibility index (Phi) is 11.4. The highest BCUT2D eigenvalue weighted by molar-refractivity contribution is 5.74. The Morgan fingerprint density at radius 3 is 1.69 bits per heavy atom. The van der Waals surface area contributed by atoms with Crippen molar-refractivity contribution in [1.29, 1.82) is 0 Å². The normalized spacial score (nSPS) is 12.9. The van der Waals surface area contributed by atoms with Crippen molar-refractivity contribution in [1.82, 2.24) is 0 Å². The SMILES string of the molecule is CC(=O)OC[C@@H](OC(C)=O)[C@@H](OC(C)=O)[C@H](Cc1cccc(OC(C)=O)c1OC(C)=O)OC(C)=O. The fourth-order valence-corrected chi connectivity index (χ4v) is 3.06. The van der Waals surface area contributed by atoms with Crippen molar-refractivity contribution in [2.45, 2.75) is 66.3 Å². The lowest BCUT2D eigenvalue weighted by Gasteiger charge is -2.32. The first-order valence-electron chi connectivity index (χ1n) is 10.4. The van der Waals surface area contributed by atoms with Crippen LogP contribution < -0.4 is 9.47 Å². The van der Waals surface area contributed by atoms with Crippen molar-refractivity contribution in [3.8, 4) is 11.5 Å². The molecule has 0 saturated heterocycles. The van der Waals surface area contributed by atoms with Crippen molar-refractivity contribution in [2.24, 2.45) is 0 Å². The molecule has 0 fully saturated rings. The van der Waals surface area contributed by atoms with Crippen LogP contribution in [0.4, 0.5) is 0 Å². The van der Waals surface area contributed by atoms with Crippen molar-refractivity contribution in [2.75, 3.05) is 6.61 Å². The topological polar surface area (TPSA) is 158 Å². The number of rotatable bonds is 11. The highest BCUT2D eigenvalue weighted by Crippen LogP contribution is 2.34. The predicted octanol–water partition coefficient (Wildman–Crippen LogP) is 1.44. The Bertz CT molecular complexity index is 967. The predicted molar refractivity (Wildman–Crippen MR) is 116 cm³/mol. The van der Waals surface area contributed by atoms with Gasteiger partial charge in [-0.25, -0.2) is 0 Å². The lowest BCUT2D eigenvalue weighted by molar-refractivity contribution is -0.189. The van der Waals surface area contributed by atoms with Gasteiger partial charge in [-0.05, 0) is 6.07 Å². The summed E-state index contributed by atoms with van der Waals surface area (Å²) in [6.45, 7) is 6.19. The molecule has 0 aliphatic carbocycles. The molecule has 0 amide bonds. The summed E-state index contributed by atoms with van der Waals surface area (Å²) in [5, 5.41) is 0. The highest BCUT2D eigenvalue weighted by Gasteiger charge is 2.38. The molecule has 0 radical (unpaired) electrons. The molecule has 12 nitrogen and oxygen atoms in total. The maximum Gasteiger partial charge on any atom is 0.308 e. The van der Waals surface area contributed by atoms with Crippen LogP contribution in [0.5, 0.6) is 11.5 Å². The maximum absolute atomic E-state index is 11.9. The number of para-hydroxylation sites is 1. The lowest BCUT2D eigenvalue weighted by Crippen LogP contribution is -2.48. The average molecular weight is 496 g/mol. The molecule has 0 aromatic heterocycles. The van der Waals surface area contributed by atoms with Gasteiger partial charge in [0.2, 0.25) is 0 Å². The minimum atomic E-state index is -1.43. The van der Waals surface area contributed by atoms with E-state index >= 15 is 0 Å². The van der Waals surface area contributed by atoms with E-state index < -0.39 is 60.7 Å². The van der Waals surface area contributed by atoms with E-state index in [4.69, 9.17) is 28.4 Å². The number of carbonyl (C=O) groups excluding carboxylic acids is 6. The molecule has 0 N–H and O–H groups in total. The molecular formula is C23H28O12. The van der Waals surface area contributed by atoms with Gasteiger partial charge in [0.25, 0.3) is 0 Å². The quantitative estimate of drug-likeness (QED) is 0.247. The first kappa shape index (κ1) is 29.1. The summed E-state index contributed by atoms with van der Waals surface area (Å²) in [6.07, 6.45) is -4.33. The van der Waals surface area contributed by atoms with Gasteiger partial charge in [-0.15, -0.1) is 0 Å². The second-order valence-corrected chi connectivity index (χ2v) is 7.31. The molecule has 192 valence electrons. The molecule has 0 bridgehead atoms. The number of ether oxygens (including phenoxy) is 6. The van der Waals surface area contributed by atoms with E-state index in [0.29, 0.717) is 0 Å². The molecule has 0 heterocycles. The van der Waals surface area contributed by atoms with Crippen LogP contribution in [0.1, 0.15) is 47.1 Å². The number of hydrogen-bond donors (Lipinski definition) is 0. The standard InChI is InChI=1S/C23H28O12/c1-12(24)30-11-21(33-15(4)27)23(35-17(6)29)20(32-14(3)26)10-18-8-7-9-19(31-13(2)25)22(18)34-16(5)28/h7-9,20-21,23H,10-11H2,1-6H3/t20-,21+,23-/m0/s1. The Labute approximate surface area is 201 Å². The molecular weight excluding hydrogens is 468 g/mol. The van der Waals surface area contributed by atoms with E-state index in [1.807, 2.05) is 0 Å². The average Bonchev–Trinajstić information content (AvgIpc) is 2.69. The first-order valence-corrected chi connectivity index (χ1v) is 10.4. The molecule has 1 aromatic carbocycles. The number of benzene rings is 1. The Morgan fingerprint density at radius 2 is 1.20 bits per heavy atom. The van der Waals surface area contributed by atoms with Gasteiger partial charge in [-0.2, -0.15) is 0 Å². The third-order valence-corrected chi connectivity index (χ3v) is 4.10. The zero-order chi connectivity index (χ0) is 26.7. The Hall–Kier alpha value is -3.96. The van der Waals surface area contributed by atoms with Crippen LogP contribution in [0.3, 0.4) is 0 Å². The van der Waals surface area contributed by atoms with Crippen LogP contribution in [-0.2, 0) is 54.1 Å². The van der Waals surface area contributed by atoms with Gasteiger partial charge < -0.3 is 28.4 Å². The first-order chi connectivity index (χ1) is 16.3. The van der Waals surface area contributed by atoms with Gasteiger partial charge >= 0.3 is 35.8 Å². The zero-order valence-corrected chi connectivity index (χ0v) is 20.3. The van der Waals surface area contributed by atoms with E-state index in [1.165, 1.54) is 18.2 Å². The lowest BCUT2D eigenvalue weighted by atomic mass is 9.98. The molecule has 0 aliphatic heterocycles. The van der Waals surface area contributed by atoms with Crippen LogP contribution >= 0.6 is 0 Å². The zero-order valence-electron chi connectivity index (χ0n) is 20.3. The Morgan fingerprint density at radius 1 is 0.657 bits per heavy atom. The summed E-state index contributed by atoms with van der Waals surface area (Å²) >= 11 is 0. The second-order valence-electron chi connectivity index (χ2n) is 7.31. The second kappa shape index (κ2) is 13.7. The van der Waals surface area contributed by atoms with Gasteiger partial charge in [0.1, 0.15) is 12.7 Å². The largest absolute Gasteiger partial charge is 0.462 e. The molecule has 35 heavy (non-hydrogen) atoms. The summed E-state index contributed by atoms with van der Waals surface area (Å²) < 4.78 is 31.2. The van der Waals surface area contributed by atoms with E-state index in [2.05, 4.69) is 0 Å². The number of hydrogen-bond acceptors (Lipinski definition) is 12. The monoisotopic (exact) mass is 496 g/mol. The molecule has 1 aromatic rings. The summed E-state index contributed by atoms with van der Waals surface area (Å²) in [4.78, 5) is 70.0. The number of carbonyl (C=O) groups is 6. The molecule has 1 rings (SSSR count). The van der Waals surface area contributed by atoms with Crippen molar-refractivity contribution >= 4 is 35.8 Å². The van der Waals surface area contributed by atoms with E-state index in [-0.39, 0.29) is 23.5 Å². The van der Waals surface area contributed by atoms with Crippen molar-refractivity contribution in [3.63, 3.8) is 0 Å². The molecule has 12 heteroatoms. The van der Waals surface area contributed by atoms with Crippen LogP contribution in [0.15, 0.2) is 18.2 Å². The van der Waals surface area contributed by atoms with E-state index in [0.717, 1.165) is 41.5 Å². The van der Waals surface area contributed by atoms with Gasteiger partial charge in [0.05, 0.1) is 0 Å². The van der Waals surface area contributed by atoms with Crippen LogP contribution in [0.25, 0.3) is 0 Å². The summed E-state index contributed by atoms with van der Waals surface area (Å²) in [7, 11) is 0. The molecule has 0 spiro atoms. The summed E-state index contributed by atoms with van der Waals surface area (Å²) in [6, 6.07) is 4.38. The third kappa shape index (κ3) is 10.7. The van der Waals surface area contributed by atoms with Gasteiger partial charge in [0.15, 0.2) is 23.7 Å². The maximum atomic E-state index is 11.9. The minimum absolute atomic E-state index is 0.0766. The molecule has 0 saturated carbocycles. The van der Waals surface area contributed by atoms with E-state index in [9.17, 15) is 28.8 Å². The van der Waals surface area contributed by atoms with E-state index in [1.54, 1.807) is 0 Å². The third-order valence-electron chi connectivity index (χ3n) is 4.10. The van der Waals surface area contributed by atoms with Crippen LogP contribution in [0, 0.1) is 0 Å². The van der Waals surface area contributed by atoms with Crippen LogP contribution in [0.2, 0.25) is 0 Å². The fourth-order valence-electron chi connectivity index (χ4n) is 3.06. The smallest absolute Gasteiger partial charge is 0.308 e. The Balaban J connectivity index is 3.56. The van der Waals surface area contributed by atoms with Gasteiger partial charge in [0, 0.05) is 53.5 Å². The van der Waals surface area contributed by atoms with Gasteiger partial charge in [-0.1, -0.05) is 12.1 Å². The van der Waals surface area contributed by atoms with Crippen LogP contribution in [-0.4, -0.2) is 60.7 Å². The summed E-state index contributed by atoms with van der Waals surface area (Å²) in [5.74, 6) is -4.66. The minimum Gasteiger partial charge on any atom is -0.462 e. The molecule has 0 aliphatic rings. The van der Waals surface area contributed by atoms with Crippen molar-refractivity contribution < 1.29 is 57.2 Å². The fraction of sp³-hybridized carbons (Fsp3) is 0.478. The molecule has 0 unspecified atom stereocenters. The number of esters is 6. The van der Waals surface area contributed by atoms with Gasteiger partial charge in [-0.3, -0.25) is 28.8 Å².